The molecule has 0 heterocycles. The lowest BCUT2D eigenvalue weighted by Gasteiger charge is -2.19. The molecule has 0 bridgehead atoms. The third-order valence-corrected chi connectivity index (χ3v) is 3.04. The average molecular weight is 310 g/mol. The van der Waals surface area contributed by atoms with Crippen LogP contribution >= 0.6 is 0 Å². The number of nitrogen functional groups attached to an aromatic ring is 1. The Hall–Kier alpha value is -2.21. The summed E-state index contributed by atoms with van der Waals surface area (Å²) in [5.41, 5.74) is 7.85. The molecule has 2 aromatic carbocycles. The van der Waals surface area contributed by atoms with Gasteiger partial charge in [-0.3, -0.25) is 4.90 Å². The number of halogens is 3. The molecule has 0 saturated heterocycles. The number of rotatable bonds is 5. The molecule has 0 aromatic heterocycles. The fraction of sp³-hybridized carbons (Fsp3) is 0.250. The van der Waals surface area contributed by atoms with E-state index in [0.717, 1.165) is 5.56 Å². The first-order valence-corrected chi connectivity index (χ1v) is 6.70. The molecule has 118 valence electrons. The maximum Gasteiger partial charge on any atom is 0.573 e. The summed E-state index contributed by atoms with van der Waals surface area (Å²) in [7, 11) is 1.83. The normalized spacial score (nSPS) is 11.7. The summed E-state index contributed by atoms with van der Waals surface area (Å²) in [5.74, 6) is -0.172. The first kappa shape index (κ1) is 16.2. The van der Waals surface area contributed by atoms with Crippen LogP contribution in [0.3, 0.4) is 0 Å². The van der Waals surface area contributed by atoms with Gasteiger partial charge in [0.2, 0.25) is 0 Å². The lowest BCUT2D eigenvalue weighted by atomic mass is 10.1. The van der Waals surface area contributed by atoms with Gasteiger partial charge in [-0.2, -0.15) is 0 Å². The Morgan fingerprint density at radius 1 is 1.05 bits per heavy atom. The van der Waals surface area contributed by atoms with Gasteiger partial charge in [-0.15, -0.1) is 13.2 Å². The third-order valence-electron chi connectivity index (χ3n) is 3.04. The molecular weight excluding hydrogens is 293 g/mol. The van der Waals surface area contributed by atoms with Crippen LogP contribution in [0.4, 0.5) is 18.9 Å². The monoisotopic (exact) mass is 310 g/mol. The highest BCUT2D eigenvalue weighted by atomic mass is 19.4. The summed E-state index contributed by atoms with van der Waals surface area (Å²) in [6.45, 7) is 0.909. The summed E-state index contributed by atoms with van der Waals surface area (Å²) < 4.78 is 41.3. The minimum Gasteiger partial charge on any atom is -0.405 e. The van der Waals surface area contributed by atoms with E-state index in [2.05, 4.69) is 4.74 Å². The molecule has 0 aliphatic heterocycles. The average Bonchev–Trinajstić information content (AvgIpc) is 2.39. The van der Waals surface area contributed by atoms with Gasteiger partial charge in [0, 0.05) is 24.3 Å². The smallest absolute Gasteiger partial charge is 0.405 e. The van der Waals surface area contributed by atoms with Crippen molar-refractivity contribution in [2.24, 2.45) is 0 Å². The van der Waals surface area contributed by atoms with Gasteiger partial charge in [-0.25, -0.2) is 0 Å². The zero-order valence-corrected chi connectivity index (χ0v) is 12.1. The molecule has 2 aromatic rings. The fourth-order valence-electron chi connectivity index (χ4n) is 2.21. The van der Waals surface area contributed by atoms with Crippen LogP contribution in [0.1, 0.15) is 11.1 Å². The van der Waals surface area contributed by atoms with Crippen molar-refractivity contribution in [3.05, 3.63) is 59.7 Å². The maximum absolute atomic E-state index is 12.4. The van der Waals surface area contributed by atoms with Crippen molar-refractivity contribution in [2.45, 2.75) is 19.5 Å². The van der Waals surface area contributed by atoms with Crippen LogP contribution in [-0.2, 0) is 13.1 Å². The van der Waals surface area contributed by atoms with E-state index < -0.39 is 6.36 Å². The summed E-state index contributed by atoms with van der Waals surface area (Å²) in [6, 6.07) is 13.5. The molecule has 0 aliphatic rings. The number of alkyl halides is 3. The number of ether oxygens (including phenoxy) is 1. The molecule has 0 fully saturated rings. The highest BCUT2D eigenvalue weighted by molar-refractivity contribution is 5.40. The van der Waals surface area contributed by atoms with E-state index in [-0.39, 0.29) is 5.75 Å². The van der Waals surface area contributed by atoms with E-state index in [1.807, 2.05) is 30.1 Å². The lowest BCUT2D eigenvalue weighted by Crippen LogP contribution is -2.21. The van der Waals surface area contributed by atoms with Crippen molar-refractivity contribution >= 4 is 5.69 Å². The number of hydrogen-bond acceptors (Lipinski definition) is 3. The van der Waals surface area contributed by atoms with Gasteiger partial charge in [0.25, 0.3) is 0 Å². The lowest BCUT2D eigenvalue weighted by molar-refractivity contribution is -0.275. The Morgan fingerprint density at radius 2 is 1.77 bits per heavy atom. The molecule has 3 nitrogen and oxygen atoms in total. The molecule has 0 atom stereocenters. The Balaban J connectivity index is 2.07. The predicted octanol–water partition coefficient (Wildman–Crippen LogP) is 3.80. The van der Waals surface area contributed by atoms with Crippen molar-refractivity contribution < 1.29 is 17.9 Å². The number of benzene rings is 2. The molecule has 0 aliphatic carbocycles. The van der Waals surface area contributed by atoms with E-state index in [9.17, 15) is 13.2 Å². The number of para-hydroxylation sites is 1. The number of hydrogen-bond donors (Lipinski definition) is 1. The van der Waals surface area contributed by atoms with Crippen LogP contribution in [0.5, 0.6) is 5.75 Å². The standard InChI is InChI=1S/C16H17F3N2O/c1-21(10-12-5-4-7-14(20)9-12)11-13-6-2-3-8-15(13)22-16(17,18)19/h2-9H,10-11,20H2,1H3. The van der Waals surface area contributed by atoms with E-state index in [4.69, 9.17) is 5.73 Å². The zero-order chi connectivity index (χ0) is 16.2. The van der Waals surface area contributed by atoms with Gasteiger partial charge in [0.15, 0.2) is 0 Å². The van der Waals surface area contributed by atoms with Crippen molar-refractivity contribution in [1.82, 2.24) is 4.90 Å². The van der Waals surface area contributed by atoms with Crippen molar-refractivity contribution in [2.75, 3.05) is 12.8 Å². The Morgan fingerprint density at radius 3 is 2.45 bits per heavy atom. The van der Waals surface area contributed by atoms with Gasteiger partial charge in [0.05, 0.1) is 0 Å². The minimum absolute atomic E-state index is 0.172. The van der Waals surface area contributed by atoms with Gasteiger partial charge >= 0.3 is 6.36 Å². The summed E-state index contributed by atoms with van der Waals surface area (Å²) >= 11 is 0. The van der Waals surface area contributed by atoms with Gasteiger partial charge in [-0.1, -0.05) is 30.3 Å². The summed E-state index contributed by atoms with van der Waals surface area (Å²) in [5, 5.41) is 0. The quantitative estimate of drug-likeness (QED) is 0.854. The van der Waals surface area contributed by atoms with E-state index in [1.54, 1.807) is 18.2 Å². The highest BCUT2D eigenvalue weighted by Gasteiger charge is 2.32. The van der Waals surface area contributed by atoms with Crippen LogP contribution in [0.25, 0.3) is 0 Å². The topological polar surface area (TPSA) is 38.5 Å². The Bertz CT molecular complexity index is 629. The molecule has 0 amide bonds. The second-order valence-corrected chi connectivity index (χ2v) is 5.07. The van der Waals surface area contributed by atoms with Gasteiger partial charge in [-0.05, 0) is 30.8 Å². The molecule has 0 radical (unpaired) electrons. The number of nitrogens with zero attached hydrogens (tertiary/aromatic N) is 1. The van der Waals surface area contributed by atoms with Crippen molar-refractivity contribution in [3.8, 4) is 5.75 Å². The van der Waals surface area contributed by atoms with Crippen molar-refractivity contribution in [1.29, 1.82) is 0 Å². The fourth-order valence-corrected chi connectivity index (χ4v) is 2.21. The maximum atomic E-state index is 12.4. The van der Waals surface area contributed by atoms with E-state index >= 15 is 0 Å². The summed E-state index contributed by atoms with van der Waals surface area (Å²) in [6.07, 6.45) is -4.69. The predicted molar refractivity (Wildman–Crippen MR) is 79.2 cm³/mol. The third kappa shape index (κ3) is 4.96. The minimum atomic E-state index is -4.69. The molecule has 6 heteroatoms. The second kappa shape index (κ2) is 6.70. The molecule has 22 heavy (non-hydrogen) atoms. The van der Waals surface area contributed by atoms with Crippen LogP contribution in [0.2, 0.25) is 0 Å². The zero-order valence-electron chi connectivity index (χ0n) is 12.1. The van der Waals surface area contributed by atoms with Crippen LogP contribution in [0, 0.1) is 0 Å². The van der Waals surface area contributed by atoms with Gasteiger partial charge < -0.3 is 10.5 Å². The van der Waals surface area contributed by atoms with E-state index in [0.29, 0.717) is 24.3 Å². The van der Waals surface area contributed by atoms with Crippen LogP contribution in [-0.4, -0.2) is 18.3 Å². The van der Waals surface area contributed by atoms with Gasteiger partial charge in [0.1, 0.15) is 5.75 Å². The largest absolute Gasteiger partial charge is 0.573 e. The first-order valence-electron chi connectivity index (χ1n) is 6.70. The molecular formula is C16H17F3N2O. The Kier molecular flexibility index (Phi) is 4.92. The van der Waals surface area contributed by atoms with E-state index in [1.165, 1.54) is 12.1 Å². The number of anilines is 1. The van der Waals surface area contributed by atoms with Crippen molar-refractivity contribution in [3.63, 3.8) is 0 Å². The SMILES string of the molecule is CN(Cc1cccc(N)c1)Cc1ccccc1OC(F)(F)F. The molecule has 2 rings (SSSR count). The molecule has 2 N–H and O–H groups in total. The number of nitrogens with two attached hydrogens (primary N) is 1. The first-order chi connectivity index (χ1) is 10.3. The van der Waals surface area contributed by atoms with Crippen LogP contribution in [0.15, 0.2) is 48.5 Å². The molecule has 0 saturated carbocycles. The second-order valence-electron chi connectivity index (χ2n) is 5.07. The molecule has 0 unspecified atom stereocenters. The summed E-state index contributed by atoms with van der Waals surface area (Å²) in [4.78, 5) is 1.90. The Labute approximate surface area is 127 Å². The highest BCUT2D eigenvalue weighted by Crippen LogP contribution is 2.27. The molecule has 0 spiro atoms. The van der Waals surface area contributed by atoms with Crippen LogP contribution < -0.4 is 10.5 Å².